The van der Waals surface area contributed by atoms with Crippen LogP contribution >= 0.6 is 0 Å². The van der Waals surface area contributed by atoms with Crippen LogP contribution in [0.4, 0.5) is 0 Å². The van der Waals surface area contributed by atoms with Crippen molar-refractivity contribution in [3.63, 3.8) is 0 Å². The molecule has 0 fully saturated rings. The summed E-state index contributed by atoms with van der Waals surface area (Å²) in [5.74, 6) is 2.77. The molecule has 0 amide bonds. The maximum atomic E-state index is 10.9. The highest BCUT2D eigenvalue weighted by Crippen LogP contribution is 2.31. The summed E-state index contributed by atoms with van der Waals surface area (Å²) in [6.07, 6.45) is 37.5. The molecule has 0 radical (unpaired) electrons. The van der Waals surface area contributed by atoms with Crippen LogP contribution in [0, 0.1) is 23.7 Å². The Balaban J connectivity index is 0.000000368. The fraction of sp³-hybridized carbons (Fsp3) is 0.820. The molecule has 8 atom stereocenters. The van der Waals surface area contributed by atoms with Crippen LogP contribution in [0.3, 0.4) is 0 Å². The van der Waals surface area contributed by atoms with E-state index in [0.29, 0.717) is 5.92 Å². The van der Waals surface area contributed by atoms with Gasteiger partial charge in [-0.1, -0.05) is 171 Å². The average molecular weight is 771 g/mol. The summed E-state index contributed by atoms with van der Waals surface area (Å²) in [5, 5.41) is 28.6. The normalized spacial score (nSPS) is 27.6. The topological polar surface area (TPSA) is 87.0 Å². The van der Waals surface area contributed by atoms with Crippen molar-refractivity contribution in [2.24, 2.45) is 23.7 Å². The molecule has 320 valence electrons. The van der Waals surface area contributed by atoms with E-state index in [-0.39, 0.29) is 30.4 Å². The SMILES string of the molecule is CCCCC1CC(C)=CC(O)C1.CCCCC1CC(C)=CC(OC(C)=O)C1.CCCCCC1CC(C)=CC(O)C1.CCCCCCCC1CC(C)=CC(O)C1. The standard InChI is InChI=1S/C14H26O.C13H22O2.C12H22O.C11H20O/c1-3-4-5-6-7-8-13-9-12(2)10-14(15)11-13;1-4-5-6-12-7-10(2)8-13(9-12)15-11(3)14;1-3-4-5-6-11-7-10(2)8-12(13)9-11;1-3-4-5-10-6-9(2)7-11(12)8-10/h10,13-15H,3-9,11H2,1-2H3;8,12-13H,4-7,9H2,1-3H3;8,11-13H,3-7,9H2,1-2H3;7,10-12H,3-6,8H2,1-2H3. The van der Waals surface area contributed by atoms with E-state index < -0.39 is 0 Å². The van der Waals surface area contributed by atoms with Crippen molar-refractivity contribution in [1.82, 2.24) is 0 Å². The Bertz CT molecular complexity index is 1120. The number of aliphatic hydroxyl groups is 3. The summed E-state index contributed by atoms with van der Waals surface area (Å²) in [6.45, 7) is 19.0. The van der Waals surface area contributed by atoms with E-state index in [2.05, 4.69) is 61.5 Å². The minimum Gasteiger partial charge on any atom is -0.458 e. The first-order chi connectivity index (χ1) is 26.3. The number of rotatable bonds is 17. The maximum absolute atomic E-state index is 10.9. The van der Waals surface area contributed by atoms with Gasteiger partial charge in [-0.05, 0) is 109 Å². The van der Waals surface area contributed by atoms with E-state index in [4.69, 9.17) is 4.74 Å². The fourth-order valence-electron chi connectivity index (χ4n) is 9.23. The van der Waals surface area contributed by atoms with Gasteiger partial charge in [0, 0.05) is 6.92 Å². The Hall–Kier alpha value is -1.69. The number of esters is 1. The molecule has 0 aliphatic heterocycles. The lowest BCUT2D eigenvalue weighted by atomic mass is 9.84. The molecular formula is C50H90O5. The third-order valence-corrected chi connectivity index (χ3v) is 11.8. The van der Waals surface area contributed by atoms with Crippen LogP contribution in [-0.2, 0) is 9.53 Å². The molecule has 3 N–H and O–H groups in total. The molecule has 8 unspecified atom stereocenters. The van der Waals surface area contributed by atoms with Crippen molar-refractivity contribution >= 4 is 5.97 Å². The van der Waals surface area contributed by atoms with Crippen LogP contribution in [0.15, 0.2) is 46.6 Å². The Kier molecular flexibility index (Phi) is 29.2. The van der Waals surface area contributed by atoms with Crippen LogP contribution in [-0.4, -0.2) is 45.7 Å². The molecule has 0 aromatic carbocycles. The molecule has 0 bridgehead atoms. The number of carbonyl (C=O) groups excluding carboxylic acids is 1. The second kappa shape index (κ2) is 31.3. The Morgan fingerprint density at radius 1 is 0.491 bits per heavy atom. The number of ether oxygens (including phenoxy) is 1. The van der Waals surface area contributed by atoms with Gasteiger partial charge in [0.1, 0.15) is 6.10 Å². The van der Waals surface area contributed by atoms with Gasteiger partial charge in [-0.3, -0.25) is 4.79 Å². The number of aliphatic hydroxyl groups excluding tert-OH is 3. The molecule has 55 heavy (non-hydrogen) atoms. The zero-order valence-corrected chi connectivity index (χ0v) is 37.6. The first-order valence-electron chi connectivity index (χ1n) is 23.2. The summed E-state index contributed by atoms with van der Waals surface area (Å²) in [6, 6.07) is 0. The minimum atomic E-state index is -0.167. The number of hydrogen-bond acceptors (Lipinski definition) is 5. The summed E-state index contributed by atoms with van der Waals surface area (Å²) in [5.41, 5.74) is 5.50. The molecule has 4 aliphatic carbocycles. The highest BCUT2D eigenvalue weighted by molar-refractivity contribution is 5.66. The van der Waals surface area contributed by atoms with Crippen LogP contribution in [0.2, 0.25) is 0 Å². The van der Waals surface area contributed by atoms with Gasteiger partial charge in [0.05, 0.1) is 18.3 Å². The Morgan fingerprint density at radius 3 is 1.16 bits per heavy atom. The molecule has 5 heteroatoms. The number of allylic oxidation sites excluding steroid dienone is 4. The lowest BCUT2D eigenvalue weighted by Crippen LogP contribution is -2.22. The van der Waals surface area contributed by atoms with E-state index in [1.165, 1.54) is 158 Å². The van der Waals surface area contributed by atoms with Gasteiger partial charge < -0.3 is 20.1 Å². The highest BCUT2D eigenvalue weighted by Gasteiger charge is 2.23. The summed E-state index contributed by atoms with van der Waals surface area (Å²) in [4.78, 5) is 10.9. The molecule has 5 nitrogen and oxygen atoms in total. The predicted octanol–water partition coefficient (Wildman–Crippen LogP) is 13.7. The van der Waals surface area contributed by atoms with Gasteiger partial charge in [-0.15, -0.1) is 0 Å². The molecule has 0 saturated heterocycles. The van der Waals surface area contributed by atoms with Gasteiger partial charge in [-0.25, -0.2) is 0 Å². The van der Waals surface area contributed by atoms with Gasteiger partial charge in [0.2, 0.25) is 0 Å². The minimum absolute atomic E-state index is 0.0260. The fourth-order valence-corrected chi connectivity index (χ4v) is 9.23. The second-order valence-electron chi connectivity index (χ2n) is 18.1. The third kappa shape index (κ3) is 26.8. The highest BCUT2D eigenvalue weighted by atomic mass is 16.5. The van der Waals surface area contributed by atoms with Gasteiger partial charge in [0.25, 0.3) is 0 Å². The van der Waals surface area contributed by atoms with Crippen molar-refractivity contribution in [3.05, 3.63) is 46.6 Å². The smallest absolute Gasteiger partial charge is 0.303 e. The first kappa shape index (κ1) is 51.3. The lowest BCUT2D eigenvalue weighted by Gasteiger charge is -2.27. The van der Waals surface area contributed by atoms with Crippen molar-refractivity contribution in [1.29, 1.82) is 0 Å². The maximum Gasteiger partial charge on any atom is 0.303 e. The molecule has 4 aliphatic rings. The summed E-state index contributed by atoms with van der Waals surface area (Å²) in [7, 11) is 0. The van der Waals surface area contributed by atoms with Crippen molar-refractivity contribution in [3.8, 4) is 0 Å². The molecule has 0 saturated carbocycles. The summed E-state index contributed by atoms with van der Waals surface area (Å²) < 4.78 is 5.26. The Morgan fingerprint density at radius 2 is 0.800 bits per heavy atom. The van der Waals surface area contributed by atoms with E-state index in [0.717, 1.165) is 43.4 Å². The molecule has 0 aromatic rings. The average Bonchev–Trinajstić information content (AvgIpc) is 3.09. The molecule has 0 spiro atoms. The summed E-state index contributed by atoms with van der Waals surface area (Å²) >= 11 is 0. The van der Waals surface area contributed by atoms with Crippen LogP contribution in [0.1, 0.15) is 216 Å². The van der Waals surface area contributed by atoms with E-state index in [9.17, 15) is 20.1 Å². The molecule has 0 aromatic heterocycles. The van der Waals surface area contributed by atoms with Crippen LogP contribution in [0.5, 0.6) is 0 Å². The zero-order chi connectivity index (χ0) is 41.0. The van der Waals surface area contributed by atoms with E-state index >= 15 is 0 Å². The number of unbranched alkanes of at least 4 members (excludes halogenated alkanes) is 8. The largest absolute Gasteiger partial charge is 0.458 e. The number of carbonyl (C=O) groups is 1. The Labute approximate surface area is 341 Å². The molecule has 4 rings (SSSR count). The van der Waals surface area contributed by atoms with E-state index in [1.54, 1.807) is 0 Å². The van der Waals surface area contributed by atoms with E-state index in [1.807, 2.05) is 18.2 Å². The molecule has 0 heterocycles. The van der Waals surface area contributed by atoms with Crippen molar-refractivity contribution in [2.75, 3.05) is 0 Å². The predicted molar refractivity (Wildman–Crippen MR) is 236 cm³/mol. The lowest BCUT2D eigenvalue weighted by molar-refractivity contribution is -0.145. The zero-order valence-electron chi connectivity index (χ0n) is 37.6. The first-order valence-corrected chi connectivity index (χ1v) is 23.2. The molecular weight excluding hydrogens is 681 g/mol. The van der Waals surface area contributed by atoms with Crippen molar-refractivity contribution < 1.29 is 24.9 Å². The van der Waals surface area contributed by atoms with Gasteiger partial charge >= 0.3 is 5.97 Å². The van der Waals surface area contributed by atoms with Gasteiger partial charge in [-0.2, -0.15) is 0 Å². The second-order valence-corrected chi connectivity index (χ2v) is 18.1. The van der Waals surface area contributed by atoms with Crippen LogP contribution in [0.25, 0.3) is 0 Å². The van der Waals surface area contributed by atoms with Crippen molar-refractivity contribution in [2.45, 2.75) is 241 Å². The third-order valence-electron chi connectivity index (χ3n) is 11.8. The van der Waals surface area contributed by atoms with Gasteiger partial charge in [0.15, 0.2) is 0 Å². The van der Waals surface area contributed by atoms with Crippen LogP contribution < -0.4 is 0 Å². The quantitative estimate of drug-likeness (QED) is 0.0779. The monoisotopic (exact) mass is 771 g/mol. The number of hydrogen-bond donors (Lipinski definition) is 3.